The molecule has 0 bridgehead atoms. The zero-order valence-corrected chi connectivity index (χ0v) is 22.2. The Balaban J connectivity index is 1.77. The summed E-state index contributed by atoms with van der Waals surface area (Å²) >= 11 is 0. The number of carbonyl (C=O) groups excluding carboxylic acids is 1. The molecule has 1 saturated carbocycles. The molecule has 0 aliphatic heterocycles. The van der Waals surface area contributed by atoms with Gasteiger partial charge in [-0.3, -0.25) is 4.79 Å². The average Bonchev–Trinajstić information content (AvgIpc) is 2.91. The van der Waals surface area contributed by atoms with Crippen LogP contribution in [0.5, 0.6) is 0 Å². The van der Waals surface area contributed by atoms with Gasteiger partial charge < -0.3 is 10.6 Å². The van der Waals surface area contributed by atoms with Crippen molar-refractivity contribution >= 4 is 5.91 Å². The number of benzene rings is 3. The van der Waals surface area contributed by atoms with Crippen LogP contribution in [0, 0.1) is 0 Å². The maximum atomic E-state index is 13.7. The molecule has 0 radical (unpaired) electrons. The predicted molar refractivity (Wildman–Crippen MR) is 141 cm³/mol. The Morgan fingerprint density at radius 1 is 0.825 bits per heavy atom. The third-order valence-electron chi connectivity index (χ3n) is 7.85. The molecule has 0 spiro atoms. The van der Waals surface area contributed by atoms with Crippen molar-refractivity contribution in [3.63, 3.8) is 0 Å². The lowest BCUT2D eigenvalue weighted by molar-refractivity contribution is -0.143. The van der Waals surface area contributed by atoms with Gasteiger partial charge in [0.2, 0.25) is 5.91 Å². The molecule has 0 heterocycles. The van der Waals surface area contributed by atoms with E-state index >= 15 is 0 Å². The second-order valence-electron chi connectivity index (χ2n) is 10.7. The molecule has 0 saturated heterocycles. The SMILES string of the molecule is CN(Cc1ccccc1)CC(c1ccc(C2(C(N)=O)CCCCC2)cc1)c1cc(C(F)(F)F)cc(C(F)(F)F)c1. The molecule has 1 unspecified atom stereocenters. The first-order valence-corrected chi connectivity index (χ1v) is 13.2. The van der Waals surface area contributed by atoms with Crippen molar-refractivity contribution in [1.82, 2.24) is 4.90 Å². The Morgan fingerprint density at radius 2 is 1.38 bits per heavy atom. The first-order chi connectivity index (χ1) is 18.8. The standard InChI is InChI=1S/C31H32F6N2O/c1-39(19-21-8-4-2-5-9-21)20-27(23-16-25(30(32,33)34)18-26(17-23)31(35,36)37)22-10-12-24(13-11-22)29(28(38)40)14-6-3-7-15-29/h2,4-5,8-13,16-18,27H,3,6-7,14-15,19-20H2,1H3,(H2,38,40). The number of primary amides is 1. The summed E-state index contributed by atoms with van der Waals surface area (Å²) in [5, 5.41) is 0. The Morgan fingerprint density at radius 3 is 1.88 bits per heavy atom. The summed E-state index contributed by atoms with van der Waals surface area (Å²) in [4.78, 5) is 14.4. The van der Waals surface area contributed by atoms with Crippen molar-refractivity contribution in [1.29, 1.82) is 0 Å². The van der Waals surface area contributed by atoms with Gasteiger partial charge in [0, 0.05) is 19.0 Å². The summed E-state index contributed by atoms with van der Waals surface area (Å²) < 4.78 is 82.2. The van der Waals surface area contributed by atoms with Crippen molar-refractivity contribution < 1.29 is 31.1 Å². The Bertz CT molecular complexity index is 1260. The number of halogens is 6. The number of amides is 1. The van der Waals surface area contributed by atoms with Crippen LogP contribution in [-0.2, 0) is 29.1 Å². The van der Waals surface area contributed by atoms with Gasteiger partial charge in [-0.2, -0.15) is 26.3 Å². The fourth-order valence-corrected chi connectivity index (χ4v) is 5.72. The largest absolute Gasteiger partial charge is 0.416 e. The van der Waals surface area contributed by atoms with Gasteiger partial charge in [-0.1, -0.05) is 73.9 Å². The molecule has 214 valence electrons. The van der Waals surface area contributed by atoms with E-state index in [0.717, 1.165) is 42.5 Å². The second kappa shape index (κ2) is 11.6. The number of alkyl halides is 6. The molecule has 1 aliphatic carbocycles. The van der Waals surface area contributed by atoms with Crippen LogP contribution in [0.4, 0.5) is 26.3 Å². The van der Waals surface area contributed by atoms with E-state index in [2.05, 4.69) is 0 Å². The van der Waals surface area contributed by atoms with E-state index in [1.54, 1.807) is 31.3 Å². The summed E-state index contributed by atoms with van der Waals surface area (Å²) in [6.45, 7) is 0.610. The van der Waals surface area contributed by atoms with Crippen molar-refractivity contribution in [3.05, 3.63) is 106 Å². The first-order valence-electron chi connectivity index (χ1n) is 13.2. The molecule has 3 aromatic rings. The molecule has 40 heavy (non-hydrogen) atoms. The van der Waals surface area contributed by atoms with Crippen LogP contribution in [0.1, 0.15) is 71.4 Å². The van der Waals surface area contributed by atoms with Gasteiger partial charge in [-0.15, -0.1) is 0 Å². The quantitative estimate of drug-likeness (QED) is 0.286. The van der Waals surface area contributed by atoms with Gasteiger partial charge in [0.15, 0.2) is 0 Å². The van der Waals surface area contributed by atoms with Gasteiger partial charge >= 0.3 is 12.4 Å². The minimum atomic E-state index is -4.95. The van der Waals surface area contributed by atoms with Crippen LogP contribution >= 0.6 is 0 Å². The number of likely N-dealkylation sites (N-methyl/N-ethyl adjacent to an activating group) is 1. The summed E-state index contributed by atoms with van der Waals surface area (Å²) in [7, 11) is 1.77. The molecule has 3 nitrogen and oxygen atoms in total. The van der Waals surface area contributed by atoms with Crippen molar-refractivity contribution in [2.24, 2.45) is 5.73 Å². The Hall–Kier alpha value is -3.33. The molecule has 3 aromatic carbocycles. The molecule has 2 N–H and O–H groups in total. The van der Waals surface area contributed by atoms with Gasteiger partial charge in [-0.05, 0) is 60.3 Å². The number of nitrogens with two attached hydrogens (primary N) is 1. The summed E-state index contributed by atoms with van der Waals surface area (Å²) in [5.41, 5.74) is 4.44. The maximum Gasteiger partial charge on any atom is 0.416 e. The Kier molecular flexibility index (Phi) is 8.63. The molecule has 1 aliphatic rings. The van der Waals surface area contributed by atoms with Crippen LogP contribution in [0.2, 0.25) is 0 Å². The minimum Gasteiger partial charge on any atom is -0.369 e. The zero-order chi connectivity index (χ0) is 29.1. The number of carbonyl (C=O) groups is 1. The third kappa shape index (κ3) is 6.69. The van der Waals surface area contributed by atoms with E-state index in [4.69, 9.17) is 5.73 Å². The molecular weight excluding hydrogens is 530 g/mol. The highest BCUT2D eigenvalue weighted by atomic mass is 19.4. The zero-order valence-electron chi connectivity index (χ0n) is 22.2. The molecule has 1 fully saturated rings. The molecular formula is C31H32F6N2O. The average molecular weight is 563 g/mol. The number of hydrogen-bond acceptors (Lipinski definition) is 2. The predicted octanol–water partition coefficient (Wildman–Crippen LogP) is 7.68. The number of rotatable bonds is 8. The van der Waals surface area contributed by atoms with Crippen LogP contribution < -0.4 is 5.73 Å². The fraction of sp³-hybridized carbons (Fsp3) is 0.387. The smallest absolute Gasteiger partial charge is 0.369 e. The van der Waals surface area contributed by atoms with E-state index in [-0.39, 0.29) is 18.2 Å². The topological polar surface area (TPSA) is 46.3 Å². The van der Waals surface area contributed by atoms with Crippen LogP contribution in [-0.4, -0.2) is 24.4 Å². The van der Waals surface area contributed by atoms with Gasteiger partial charge in [-0.25, -0.2) is 0 Å². The number of nitrogens with zero attached hydrogens (tertiary/aromatic N) is 1. The first kappa shape index (κ1) is 29.6. The van der Waals surface area contributed by atoms with E-state index < -0.39 is 40.7 Å². The van der Waals surface area contributed by atoms with Crippen LogP contribution in [0.15, 0.2) is 72.8 Å². The van der Waals surface area contributed by atoms with Crippen molar-refractivity contribution in [2.45, 2.75) is 62.3 Å². The minimum absolute atomic E-state index is 0.0860. The highest BCUT2D eigenvalue weighted by molar-refractivity contribution is 5.86. The normalized spacial score (nSPS) is 16.6. The molecule has 0 aromatic heterocycles. The lowest BCUT2D eigenvalue weighted by Crippen LogP contribution is -2.42. The second-order valence-corrected chi connectivity index (χ2v) is 10.7. The highest BCUT2D eigenvalue weighted by Crippen LogP contribution is 2.42. The molecule has 1 atom stereocenters. The van der Waals surface area contributed by atoms with Gasteiger partial charge in [0.1, 0.15) is 0 Å². The summed E-state index contributed by atoms with van der Waals surface area (Å²) in [6.07, 6.45) is -5.99. The summed E-state index contributed by atoms with van der Waals surface area (Å²) in [5.74, 6) is -1.23. The Labute approximate surface area is 230 Å². The molecule has 4 rings (SSSR count). The number of hydrogen-bond donors (Lipinski definition) is 1. The van der Waals surface area contributed by atoms with Crippen LogP contribution in [0.25, 0.3) is 0 Å². The van der Waals surface area contributed by atoms with Crippen molar-refractivity contribution in [3.8, 4) is 0 Å². The molecule has 1 amide bonds. The van der Waals surface area contributed by atoms with E-state index in [9.17, 15) is 31.1 Å². The molecule has 9 heteroatoms. The van der Waals surface area contributed by atoms with E-state index in [0.29, 0.717) is 24.9 Å². The lowest BCUT2D eigenvalue weighted by Gasteiger charge is -2.35. The van der Waals surface area contributed by atoms with Crippen LogP contribution in [0.3, 0.4) is 0 Å². The van der Waals surface area contributed by atoms with Gasteiger partial charge in [0.25, 0.3) is 0 Å². The van der Waals surface area contributed by atoms with Gasteiger partial charge in [0.05, 0.1) is 16.5 Å². The maximum absolute atomic E-state index is 13.7. The van der Waals surface area contributed by atoms with E-state index in [1.165, 1.54) is 0 Å². The van der Waals surface area contributed by atoms with Crippen molar-refractivity contribution in [2.75, 3.05) is 13.6 Å². The third-order valence-corrected chi connectivity index (χ3v) is 7.85. The monoisotopic (exact) mass is 562 g/mol. The fourth-order valence-electron chi connectivity index (χ4n) is 5.72. The summed E-state index contributed by atoms with van der Waals surface area (Å²) in [6, 6.07) is 18.0. The lowest BCUT2D eigenvalue weighted by atomic mass is 9.68. The van der Waals surface area contributed by atoms with E-state index in [1.807, 2.05) is 35.2 Å². The highest BCUT2D eigenvalue weighted by Gasteiger charge is 2.40.